The Balaban J connectivity index is 1.65. The van der Waals surface area contributed by atoms with Gasteiger partial charge in [0.15, 0.2) is 9.84 Å². The normalized spacial score (nSPS) is 22.9. The van der Waals surface area contributed by atoms with Crippen LogP contribution in [0, 0.1) is 0 Å². The molecule has 0 bridgehead atoms. The van der Waals surface area contributed by atoms with E-state index in [0.29, 0.717) is 36.9 Å². The van der Waals surface area contributed by atoms with Gasteiger partial charge in [0.05, 0.1) is 10.5 Å². The van der Waals surface area contributed by atoms with Crippen molar-refractivity contribution >= 4 is 27.3 Å². The van der Waals surface area contributed by atoms with E-state index in [1.807, 2.05) is 0 Å². The molecule has 1 heterocycles. The number of rotatable bonds is 4. The Hall–Kier alpha value is -2.15. The Kier molecular flexibility index (Phi) is 4.92. The van der Waals surface area contributed by atoms with Crippen LogP contribution in [-0.2, 0) is 14.6 Å². The molecule has 1 N–H and O–H groups in total. The molecule has 6 nitrogen and oxygen atoms in total. The zero-order valence-electron chi connectivity index (χ0n) is 14.9. The van der Waals surface area contributed by atoms with Crippen LogP contribution in [0.4, 0.5) is 5.69 Å². The van der Waals surface area contributed by atoms with Crippen LogP contribution in [0.5, 0.6) is 0 Å². The molecule has 26 heavy (non-hydrogen) atoms. The topological polar surface area (TPSA) is 83.6 Å². The molecule has 1 aliphatic heterocycles. The van der Waals surface area contributed by atoms with Gasteiger partial charge in [-0.05, 0) is 56.0 Å². The van der Waals surface area contributed by atoms with Crippen molar-refractivity contribution in [3.63, 3.8) is 0 Å². The van der Waals surface area contributed by atoms with E-state index in [4.69, 9.17) is 0 Å². The molecule has 1 aromatic rings. The summed E-state index contributed by atoms with van der Waals surface area (Å²) in [6.07, 6.45) is 4.56. The predicted molar refractivity (Wildman–Crippen MR) is 101 cm³/mol. The first-order valence-corrected chi connectivity index (χ1v) is 10.5. The van der Waals surface area contributed by atoms with E-state index < -0.39 is 14.6 Å². The van der Waals surface area contributed by atoms with Crippen LogP contribution >= 0.6 is 0 Å². The number of amides is 2. The molecule has 1 aromatic carbocycles. The lowest BCUT2D eigenvalue weighted by atomic mass is 9.78. The standard InChI is InChI=1S/C19H24N2O4S/c1-3-17(22)21(2)16-7-5-14(6-8-16)18(23)20-15-9-12-26(24,25)19(13-15)10-4-11-19/h3,5-8,15H,1,4,9-13H2,2H3,(H,20,23). The van der Waals surface area contributed by atoms with Gasteiger partial charge in [-0.25, -0.2) is 8.42 Å². The molecular formula is C19H24N2O4S. The monoisotopic (exact) mass is 376 g/mol. The number of hydrogen-bond acceptors (Lipinski definition) is 4. The quantitative estimate of drug-likeness (QED) is 0.816. The summed E-state index contributed by atoms with van der Waals surface area (Å²) in [7, 11) is -1.40. The number of likely N-dealkylation sites (N-methyl/N-ethyl adjacent to an activating group) is 1. The van der Waals surface area contributed by atoms with Gasteiger partial charge < -0.3 is 10.2 Å². The fourth-order valence-corrected chi connectivity index (χ4v) is 6.16. The number of sulfone groups is 1. The molecule has 2 fully saturated rings. The molecule has 140 valence electrons. The molecule has 2 amide bonds. The number of nitrogens with one attached hydrogen (secondary N) is 1. The minimum atomic E-state index is -3.04. The van der Waals surface area contributed by atoms with Gasteiger partial charge in [0, 0.05) is 24.3 Å². The summed E-state index contributed by atoms with van der Waals surface area (Å²) in [5, 5.41) is 2.98. The van der Waals surface area contributed by atoms with Gasteiger partial charge in [-0.15, -0.1) is 0 Å². The highest BCUT2D eigenvalue weighted by atomic mass is 32.2. The number of anilines is 1. The maximum Gasteiger partial charge on any atom is 0.251 e. The molecule has 0 radical (unpaired) electrons. The van der Waals surface area contributed by atoms with Crippen molar-refractivity contribution in [3.8, 4) is 0 Å². The van der Waals surface area contributed by atoms with E-state index in [2.05, 4.69) is 11.9 Å². The van der Waals surface area contributed by atoms with E-state index in [1.165, 1.54) is 11.0 Å². The summed E-state index contributed by atoms with van der Waals surface area (Å²) in [6.45, 7) is 3.45. The highest BCUT2D eigenvalue weighted by Crippen LogP contribution is 2.46. The maximum absolute atomic E-state index is 12.5. The Morgan fingerprint density at radius 3 is 2.46 bits per heavy atom. The third-order valence-electron chi connectivity index (χ3n) is 5.64. The van der Waals surface area contributed by atoms with Crippen molar-refractivity contribution in [1.82, 2.24) is 5.32 Å². The minimum absolute atomic E-state index is 0.115. The van der Waals surface area contributed by atoms with E-state index in [1.54, 1.807) is 31.3 Å². The highest BCUT2D eigenvalue weighted by Gasteiger charge is 2.52. The van der Waals surface area contributed by atoms with Crippen LogP contribution in [0.1, 0.15) is 42.5 Å². The lowest BCUT2D eigenvalue weighted by Crippen LogP contribution is -2.55. The summed E-state index contributed by atoms with van der Waals surface area (Å²) < 4.78 is 24.0. The second-order valence-electron chi connectivity index (χ2n) is 7.17. The SMILES string of the molecule is C=CC(=O)N(C)c1ccc(C(=O)NC2CCS(=O)(=O)C3(CCC3)C2)cc1. The highest BCUT2D eigenvalue weighted by molar-refractivity contribution is 7.92. The number of hydrogen-bond donors (Lipinski definition) is 1. The number of carbonyl (C=O) groups excluding carboxylic acids is 2. The van der Waals surface area contributed by atoms with Crippen LogP contribution in [0.2, 0.25) is 0 Å². The van der Waals surface area contributed by atoms with Crippen LogP contribution in [0.3, 0.4) is 0 Å². The Labute approximate surface area is 154 Å². The average Bonchev–Trinajstić information content (AvgIpc) is 2.60. The van der Waals surface area contributed by atoms with E-state index >= 15 is 0 Å². The molecule has 1 spiro atoms. The van der Waals surface area contributed by atoms with Crippen molar-refractivity contribution in [2.45, 2.75) is 42.9 Å². The summed E-state index contributed by atoms with van der Waals surface area (Å²) in [6, 6.07) is 6.62. The van der Waals surface area contributed by atoms with Crippen molar-refractivity contribution < 1.29 is 18.0 Å². The fourth-order valence-electron chi connectivity index (χ4n) is 3.77. The third-order valence-corrected chi connectivity index (χ3v) is 8.30. The van der Waals surface area contributed by atoms with Gasteiger partial charge >= 0.3 is 0 Å². The predicted octanol–water partition coefficient (Wildman–Crippen LogP) is 2.07. The van der Waals surface area contributed by atoms with Gasteiger partial charge in [-0.2, -0.15) is 0 Å². The molecule has 7 heteroatoms. The Morgan fingerprint density at radius 1 is 1.27 bits per heavy atom. The minimum Gasteiger partial charge on any atom is -0.349 e. The maximum atomic E-state index is 12.5. The molecule has 0 aromatic heterocycles. The summed E-state index contributed by atoms with van der Waals surface area (Å²) >= 11 is 0. The van der Waals surface area contributed by atoms with Crippen LogP contribution in [0.25, 0.3) is 0 Å². The van der Waals surface area contributed by atoms with Gasteiger partial charge in [-0.3, -0.25) is 9.59 Å². The van der Waals surface area contributed by atoms with Crippen molar-refractivity contribution in [2.75, 3.05) is 17.7 Å². The molecule has 1 unspecified atom stereocenters. The largest absolute Gasteiger partial charge is 0.349 e. The first-order valence-electron chi connectivity index (χ1n) is 8.81. The lowest BCUT2D eigenvalue weighted by Gasteiger charge is -2.46. The number of nitrogens with zero attached hydrogens (tertiary/aromatic N) is 1. The van der Waals surface area contributed by atoms with Gasteiger partial charge in [-0.1, -0.05) is 13.0 Å². The lowest BCUT2D eigenvalue weighted by molar-refractivity contribution is -0.113. The van der Waals surface area contributed by atoms with E-state index in [0.717, 1.165) is 6.42 Å². The van der Waals surface area contributed by atoms with Crippen molar-refractivity contribution in [1.29, 1.82) is 0 Å². The van der Waals surface area contributed by atoms with Crippen LogP contribution in [-0.4, -0.2) is 43.8 Å². The van der Waals surface area contributed by atoms with Gasteiger partial charge in [0.2, 0.25) is 5.91 Å². The van der Waals surface area contributed by atoms with Gasteiger partial charge in [0.1, 0.15) is 0 Å². The third kappa shape index (κ3) is 3.28. The van der Waals surface area contributed by atoms with Gasteiger partial charge in [0.25, 0.3) is 5.91 Å². The molecule has 1 atom stereocenters. The average molecular weight is 376 g/mol. The molecular weight excluding hydrogens is 352 g/mol. The smallest absolute Gasteiger partial charge is 0.251 e. The number of benzene rings is 1. The molecule has 2 aliphatic rings. The summed E-state index contributed by atoms with van der Waals surface area (Å²) in [5.41, 5.74) is 1.16. The molecule has 3 rings (SSSR count). The van der Waals surface area contributed by atoms with Crippen molar-refractivity contribution in [3.05, 3.63) is 42.5 Å². The second kappa shape index (κ2) is 6.87. The first kappa shape index (κ1) is 18.6. The second-order valence-corrected chi connectivity index (χ2v) is 9.67. The molecule has 1 saturated carbocycles. The fraction of sp³-hybridized carbons (Fsp3) is 0.474. The van der Waals surface area contributed by atoms with E-state index in [-0.39, 0.29) is 23.6 Å². The first-order chi connectivity index (χ1) is 12.3. The van der Waals surface area contributed by atoms with E-state index in [9.17, 15) is 18.0 Å². The Morgan fingerprint density at radius 2 is 1.92 bits per heavy atom. The molecule has 1 aliphatic carbocycles. The molecule has 1 saturated heterocycles. The van der Waals surface area contributed by atoms with Crippen LogP contribution in [0.15, 0.2) is 36.9 Å². The zero-order chi connectivity index (χ0) is 18.9. The summed E-state index contributed by atoms with van der Waals surface area (Å²) in [4.78, 5) is 25.6. The number of carbonyl (C=O) groups is 2. The van der Waals surface area contributed by atoms with Crippen LogP contribution < -0.4 is 10.2 Å². The Bertz CT molecular complexity index is 826. The zero-order valence-corrected chi connectivity index (χ0v) is 15.7. The van der Waals surface area contributed by atoms with Crippen molar-refractivity contribution in [2.24, 2.45) is 0 Å². The summed E-state index contributed by atoms with van der Waals surface area (Å²) in [5.74, 6) is -0.296.